The second kappa shape index (κ2) is 6.15. The summed E-state index contributed by atoms with van der Waals surface area (Å²) in [6.07, 6.45) is -3.26. The van der Waals surface area contributed by atoms with Gasteiger partial charge in [-0.25, -0.2) is 0 Å². The smallest absolute Gasteiger partial charge is 0.326 e. The molecule has 2 nitrogen and oxygen atoms in total. The lowest BCUT2D eigenvalue weighted by atomic mass is 10.2. The van der Waals surface area contributed by atoms with Crippen LogP contribution in [0.4, 0.5) is 13.2 Å². The van der Waals surface area contributed by atoms with Gasteiger partial charge in [-0.3, -0.25) is 0 Å². The average molecular weight is 290 g/mol. The van der Waals surface area contributed by atoms with E-state index in [0.717, 1.165) is 37.9 Å². The monoisotopic (exact) mass is 290 g/mol. The van der Waals surface area contributed by atoms with Crippen molar-refractivity contribution in [2.45, 2.75) is 23.5 Å². The summed E-state index contributed by atoms with van der Waals surface area (Å²) < 4.78 is 37.6. The molecular weight excluding hydrogens is 273 g/mol. The van der Waals surface area contributed by atoms with Crippen molar-refractivity contribution in [3.63, 3.8) is 0 Å². The molecule has 2 rings (SSSR count). The zero-order valence-electron chi connectivity index (χ0n) is 10.5. The first-order valence-electron chi connectivity index (χ1n) is 6.23. The van der Waals surface area contributed by atoms with Crippen molar-refractivity contribution in [2.75, 3.05) is 25.4 Å². The predicted octanol–water partition coefficient (Wildman–Crippen LogP) is 2.83. The van der Waals surface area contributed by atoms with Gasteiger partial charge in [-0.05, 0) is 31.2 Å². The summed E-state index contributed by atoms with van der Waals surface area (Å²) in [6, 6.07) is 5.73. The molecule has 0 spiro atoms. The number of hydrogen-bond donors (Lipinski definition) is 1. The molecule has 19 heavy (non-hydrogen) atoms. The first kappa shape index (κ1) is 14.7. The maximum Gasteiger partial charge on any atom is 0.416 e. The van der Waals surface area contributed by atoms with Crippen LogP contribution in [0.5, 0.6) is 0 Å². The van der Waals surface area contributed by atoms with E-state index in [4.69, 9.17) is 5.73 Å². The molecule has 1 fully saturated rings. The van der Waals surface area contributed by atoms with E-state index in [2.05, 4.69) is 4.90 Å². The lowest BCUT2D eigenvalue weighted by Gasteiger charge is -2.14. The molecule has 0 bridgehead atoms. The van der Waals surface area contributed by atoms with Gasteiger partial charge < -0.3 is 10.6 Å². The third-order valence-electron chi connectivity index (χ3n) is 3.15. The van der Waals surface area contributed by atoms with Crippen LogP contribution in [0.1, 0.15) is 12.0 Å². The fraction of sp³-hybridized carbons (Fsp3) is 0.538. The summed E-state index contributed by atoms with van der Waals surface area (Å²) in [7, 11) is 0. The Kier molecular flexibility index (Phi) is 4.76. The Morgan fingerprint density at radius 2 is 2.16 bits per heavy atom. The van der Waals surface area contributed by atoms with Gasteiger partial charge in [0.05, 0.1) is 5.56 Å². The Bertz CT molecular complexity index is 423. The highest BCUT2D eigenvalue weighted by molar-refractivity contribution is 7.99. The first-order valence-corrected chi connectivity index (χ1v) is 7.22. The second-order valence-electron chi connectivity index (χ2n) is 4.72. The number of thioether (sulfide) groups is 1. The van der Waals surface area contributed by atoms with E-state index in [1.807, 2.05) is 0 Å². The number of benzene rings is 1. The lowest BCUT2D eigenvalue weighted by Crippen LogP contribution is -2.28. The first-order chi connectivity index (χ1) is 8.95. The van der Waals surface area contributed by atoms with E-state index in [-0.39, 0.29) is 6.04 Å². The van der Waals surface area contributed by atoms with Gasteiger partial charge in [-0.2, -0.15) is 13.2 Å². The highest BCUT2D eigenvalue weighted by Crippen LogP contribution is 2.31. The molecule has 106 valence electrons. The third kappa shape index (κ3) is 4.40. The predicted molar refractivity (Wildman–Crippen MR) is 71.2 cm³/mol. The van der Waals surface area contributed by atoms with Crippen molar-refractivity contribution in [2.24, 2.45) is 5.73 Å². The van der Waals surface area contributed by atoms with Crippen LogP contribution in [0.25, 0.3) is 0 Å². The van der Waals surface area contributed by atoms with Gasteiger partial charge >= 0.3 is 6.18 Å². The number of alkyl halides is 3. The van der Waals surface area contributed by atoms with Crippen LogP contribution in [0.15, 0.2) is 29.2 Å². The average Bonchev–Trinajstić information content (AvgIpc) is 2.74. The van der Waals surface area contributed by atoms with Gasteiger partial charge in [0.2, 0.25) is 0 Å². The summed E-state index contributed by atoms with van der Waals surface area (Å²) in [5.41, 5.74) is 5.22. The standard InChI is InChI=1S/C13H17F3N2S/c14-13(15,16)10-2-1-3-12(8-10)19-7-6-18-5-4-11(17)9-18/h1-3,8,11H,4-7,9,17H2/t11-/m1/s1. The van der Waals surface area contributed by atoms with E-state index in [1.165, 1.54) is 23.9 Å². The van der Waals surface area contributed by atoms with Crippen LogP contribution in [-0.4, -0.2) is 36.3 Å². The van der Waals surface area contributed by atoms with Crippen LogP contribution in [0.2, 0.25) is 0 Å². The maximum atomic E-state index is 12.5. The molecule has 0 unspecified atom stereocenters. The molecule has 1 aromatic rings. The molecule has 6 heteroatoms. The minimum Gasteiger partial charge on any atom is -0.326 e. The molecule has 2 N–H and O–H groups in total. The van der Waals surface area contributed by atoms with Crippen LogP contribution in [-0.2, 0) is 6.18 Å². The fourth-order valence-electron chi connectivity index (χ4n) is 2.12. The lowest BCUT2D eigenvalue weighted by molar-refractivity contribution is -0.137. The summed E-state index contributed by atoms with van der Waals surface area (Å²) in [5.74, 6) is 0.786. The summed E-state index contributed by atoms with van der Waals surface area (Å²) in [5, 5.41) is 0. The fourth-order valence-corrected chi connectivity index (χ4v) is 3.09. The van der Waals surface area contributed by atoms with Gasteiger partial charge in [0, 0.05) is 29.8 Å². The molecule has 0 aliphatic carbocycles. The number of halogens is 3. The van der Waals surface area contributed by atoms with E-state index in [0.29, 0.717) is 4.90 Å². The van der Waals surface area contributed by atoms with Crippen molar-refractivity contribution >= 4 is 11.8 Å². The minimum atomic E-state index is -4.27. The molecular formula is C13H17F3N2S. The van der Waals surface area contributed by atoms with Crippen molar-refractivity contribution in [3.8, 4) is 0 Å². The Morgan fingerprint density at radius 1 is 1.37 bits per heavy atom. The van der Waals surface area contributed by atoms with Crippen LogP contribution >= 0.6 is 11.8 Å². The Labute approximate surface area is 115 Å². The Balaban J connectivity index is 1.83. The molecule has 0 aromatic heterocycles. The largest absolute Gasteiger partial charge is 0.416 e. The number of hydrogen-bond acceptors (Lipinski definition) is 3. The number of nitrogens with zero attached hydrogens (tertiary/aromatic N) is 1. The zero-order valence-corrected chi connectivity index (χ0v) is 11.3. The van der Waals surface area contributed by atoms with E-state index in [1.54, 1.807) is 6.07 Å². The highest BCUT2D eigenvalue weighted by atomic mass is 32.2. The Morgan fingerprint density at radius 3 is 2.79 bits per heavy atom. The summed E-state index contributed by atoms with van der Waals surface area (Å²) in [6.45, 7) is 2.75. The molecule has 1 atom stereocenters. The van der Waals surface area contributed by atoms with Gasteiger partial charge in [-0.15, -0.1) is 11.8 Å². The van der Waals surface area contributed by atoms with E-state index >= 15 is 0 Å². The van der Waals surface area contributed by atoms with Crippen molar-refractivity contribution in [1.29, 1.82) is 0 Å². The Hall–Kier alpha value is -0.720. The highest BCUT2D eigenvalue weighted by Gasteiger charge is 2.30. The van der Waals surface area contributed by atoms with Gasteiger partial charge in [0.1, 0.15) is 0 Å². The normalized spacial score (nSPS) is 20.9. The molecule has 1 heterocycles. The number of rotatable bonds is 4. The summed E-state index contributed by atoms with van der Waals surface area (Å²) in [4.78, 5) is 2.92. The van der Waals surface area contributed by atoms with Crippen LogP contribution in [0, 0.1) is 0 Å². The van der Waals surface area contributed by atoms with Gasteiger partial charge in [0.15, 0.2) is 0 Å². The molecule has 0 amide bonds. The van der Waals surface area contributed by atoms with Crippen LogP contribution < -0.4 is 5.73 Å². The second-order valence-corrected chi connectivity index (χ2v) is 5.89. The van der Waals surface area contributed by atoms with Crippen LogP contribution in [0.3, 0.4) is 0 Å². The topological polar surface area (TPSA) is 29.3 Å². The quantitative estimate of drug-likeness (QED) is 0.865. The van der Waals surface area contributed by atoms with Gasteiger partial charge in [0.25, 0.3) is 0 Å². The number of likely N-dealkylation sites (tertiary alicyclic amines) is 1. The molecule has 1 saturated heterocycles. The van der Waals surface area contributed by atoms with Gasteiger partial charge in [-0.1, -0.05) is 6.07 Å². The van der Waals surface area contributed by atoms with E-state index in [9.17, 15) is 13.2 Å². The third-order valence-corrected chi connectivity index (χ3v) is 4.12. The molecule has 0 saturated carbocycles. The molecule has 1 aromatic carbocycles. The zero-order chi connectivity index (χ0) is 13.9. The maximum absolute atomic E-state index is 12.5. The minimum absolute atomic E-state index is 0.249. The van der Waals surface area contributed by atoms with Crippen molar-refractivity contribution < 1.29 is 13.2 Å². The molecule has 0 radical (unpaired) electrons. The molecule has 1 aliphatic rings. The molecule has 1 aliphatic heterocycles. The van der Waals surface area contributed by atoms with Crippen molar-refractivity contribution in [1.82, 2.24) is 4.90 Å². The van der Waals surface area contributed by atoms with E-state index < -0.39 is 11.7 Å². The SMILES string of the molecule is N[C@@H]1CCN(CCSc2cccc(C(F)(F)F)c2)C1. The summed E-state index contributed by atoms with van der Waals surface area (Å²) >= 11 is 1.46. The van der Waals surface area contributed by atoms with Crippen molar-refractivity contribution in [3.05, 3.63) is 29.8 Å². The number of nitrogens with two attached hydrogens (primary N) is 1.